The summed E-state index contributed by atoms with van der Waals surface area (Å²) in [5.41, 5.74) is 1.76. The first-order valence-electron chi connectivity index (χ1n) is 7.51. The minimum atomic E-state index is 0.182. The van der Waals surface area contributed by atoms with Crippen molar-refractivity contribution in [2.75, 3.05) is 20.2 Å². The van der Waals surface area contributed by atoms with Gasteiger partial charge in [-0.15, -0.1) is 0 Å². The number of nitrogens with zero attached hydrogens (tertiary/aromatic N) is 1. The standard InChI is InChI=1S/C17H28N2O/c1-6-17(4)12-18-16(2,3)13-19(17)11-14-7-9-15(20-5)10-8-14/h7-10,18H,6,11-13H2,1-5H3. The summed E-state index contributed by atoms with van der Waals surface area (Å²) in [6.45, 7) is 12.3. The Kier molecular flexibility index (Phi) is 4.40. The van der Waals surface area contributed by atoms with Gasteiger partial charge in [0.05, 0.1) is 7.11 Å². The van der Waals surface area contributed by atoms with E-state index in [-0.39, 0.29) is 11.1 Å². The number of hydrogen-bond donors (Lipinski definition) is 1. The third kappa shape index (κ3) is 3.33. The number of benzene rings is 1. The smallest absolute Gasteiger partial charge is 0.118 e. The quantitative estimate of drug-likeness (QED) is 0.915. The Morgan fingerprint density at radius 3 is 2.40 bits per heavy atom. The van der Waals surface area contributed by atoms with Crippen LogP contribution in [0.2, 0.25) is 0 Å². The molecule has 2 rings (SSSR count). The molecule has 0 amide bonds. The maximum absolute atomic E-state index is 5.23. The van der Waals surface area contributed by atoms with Gasteiger partial charge in [0.2, 0.25) is 0 Å². The largest absolute Gasteiger partial charge is 0.497 e. The molecule has 0 saturated carbocycles. The van der Waals surface area contributed by atoms with Gasteiger partial charge >= 0.3 is 0 Å². The Labute approximate surface area is 123 Å². The van der Waals surface area contributed by atoms with Crippen LogP contribution in [-0.4, -0.2) is 36.2 Å². The first kappa shape index (κ1) is 15.3. The molecule has 1 fully saturated rings. The first-order chi connectivity index (χ1) is 9.38. The Bertz CT molecular complexity index is 441. The van der Waals surface area contributed by atoms with Crippen molar-refractivity contribution in [1.82, 2.24) is 10.2 Å². The van der Waals surface area contributed by atoms with Crippen LogP contribution in [-0.2, 0) is 6.54 Å². The van der Waals surface area contributed by atoms with Crippen molar-refractivity contribution in [2.45, 2.75) is 51.7 Å². The number of hydrogen-bond acceptors (Lipinski definition) is 3. The van der Waals surface area contributed by atoms with Crippen molar-refractivity contribution < 1.29 is 4.74 Å². The van der Waals surface area contributed by atoms with Gasteiger partial charge in [-0.2, -0.15) is 0 Å². The van der Waals surface area contributed by atoms with Gasteiger partial charge in [-0.25, -0.2) is 0 Å². The van der Waals surface area contributed by atoms with Gasteiger partial charge in [-0.1, -0.05) is 19.1 Å². The molecule has 1 unspecified atom stereocenters. The summed E-state index contributed by atoms with van der Waals surface area (Å²) in [5, 5.41) is 3.67. The van der Waals surface area contributed by atoms with Crippen molar-refractivity contribution in [3.8, 4) is 5.75 Å². The van der Waals surface area contributed by atoms with Crippen LogP contribution in [0, 0.1) is 0 Å². The van der Waals surface area contributed by atoms with Crippen molar-refractivity contribution in [1.29, 1.82) is 0 Å². The summed E-state index contributed by atoms with van der Waals surface area (Å²) in [6, 6.07) is 8.44. The highest BCUT2D eigenvalue weighted by molar-refractivity contribution is 5.27. The van der Waals surface area contributed by atoms with E-state index in [1.165, 1.54) is 5.56 Å². The zero-order chi connectivity index (χ0) is 14.8. The van der Waals surface area contributed by atoms with Crippen molar-refractivity contribution >= 4 is 0 Å². The summed E-state index contributed by atoms with van der Waals surface area (Å²) in [6.07, 6.45) is 1.16. The average molecular weight is 276 g/mol. The monoisotopic (exact) mass is 276 g/mol. The molecule has 0 radical (unpaired) electrons. The van der Waals surface area contributed by atoms with Crippen LogP contribution in [0.4, 0.5) is 0 Å². The molecule has 0 spiro atoms. The summed E-state index contributed by atoms with van der Waals surface area (Å²) in [4.78, 5) is 2.62. The molecule has 1 aliphatic heterocycles. The Balaban J connectivity index is 2.14. The molecule has 0 aliphatic carbocycles. The van der Waals surface area contributed by atoms with Crippen molar-refractivity contribution in [3.05, 3.63) is 29.8 Å². The Morgan fingerprint density at radius 1 is 1.20 bits per heavy atom. The van der Waals surface area contributed by atoms with Crippen LogP contribution < -0.4 is 10.1 Å². The molecule has 1 N–H and O–H groups in total. The van der Waals surface area contributed by atoms with Crippen LogP contribution in [0.5, 0.6) is 5.75 Å². The van der Waals surface area contributed by atoms with E-state index in [0.717, 1.165) is 31.8 Å². The fourth-order valence-corrected chi connectivity index (χ4v) is 2.81. The van der Waals surface area contributed by atoms with Gasteiger partial charge in [0, 0.05) is 30.7 Å². The molecule has 0 bridgehead atoms. The van der Waals surface area contributed by atoms with E-state index in [9.17, 15) is 0 Å². The maximum Gasteiger partial charge on any atom is 0.118 e. The number of rotatable bonds is 4. The Hall–Kier alpha value is -1.06. The van der Waals surface area contributed by atoms with Gasteiger partial charge in [0.1, 0.15) is 5.75 Å². The molecule has 20 heavy (non-hydrogen) atoms. The number of nitrogens with one attached hydrogen (secondary N) is 1. The van der Waals surface area contributed by atoms with Crippen molar-refractivity contribution in [3.63, 3.8) is 0 Å². The number of methoxy groups -OCH3 is 1. The molecular weight excluding hydrogens is 248 g/mol. The van der Waals surface area contributed by atoms with Gasteiger partial charge in [0.15, 0.2) is 0 Å². The maximum atomic E-state index is 5.23. The fraction of sp³-hybridized carbons (Fsp3) is 0.647. The van der Waals surface area contributed by atoms with E-state index in [4.69, 9.17) is 4.74 Å². The molecular formula is C17H28N2O. The lowest BCUT2D eigenvalue weighted by Crippen LogP contribution is -2.66. The minimum Gasteiger partial charge on any atom is -0.497 e. The molecule has 1 aromatic carbocycles. The molecule has 3 heteroatoms. The second kappa shape index (κ2) is 5.74. The number of ether oxygens (including phenoxy) is 1. The topological polar surface area (TPSA) is 24.5 Å². The summed E-state index contributed by atoms with van der Waals surface area (Å²) in [5.74, 6) is 0.924. The Morgan fingerprint density at radius 2 is 1.85 bits per heavy atom. The molecule has 1 saturated heterocycles. The van der Waals surface area contributed by atoms with E-state index < -0.39 is 0 Å². The highest BCUT2D eigenvalue weighted by Gasteiger charge is 2.39. The van der Waals surface area contributed by atoms with E-state index >= 15 is 0 Å². The summed E-state index contributed by atoms with van der Waals surface area (Å²) < 4.78 is 5.23. The van der Waals surface area contributed by atoms with Crippen LogP contribution in [0.3, 0.4) is 0 Å². The second-order valence-corrected chi connectivity index (χ2v) is 6.79. The van der Waals surface area contributed by atoms with Crippen LogP contribution in [0.25, 0.3) is 0 Å². The zero-order valence-electron chi connectivity index (χ0n) is 13.5. The predicted molar refractivity (Wildman–Crippen MR) is 84.2 cm³/mol. The van der Waals surface area contributed by atoms with Crippen molar-refractivity contribution in [2.24, 2.45) is 0 Å². The molecule has 1 heterocycles. The third-order valence-corrected chi connectivity index (χ3v) is 4.59. The van der Waals surface area contributed by atoms with Gasteiger partial charge in [0.25, 0.3) is 0 Å². The van der Waals surface area contributed by atoms with Gasteiger partial charge < -0.3 is 10.1 Å². The highest BCUT2D eigenvalue weighted by atomic mass is 16.5. The third-order valence-electron chi connectivity index (χ3n) is 4.59. The van der Waals surface area contributed by atoms with E-state index in [1.807, 2.05) is 12.1 Å². The highest BCUT2D eigenvalue weighted by Crippen LogP contribution is 2.28. The second-order valence-electron chi connectivity index (χ2n) is 6.79. The van der Waals surface area contributed by atoms with Gasteiger partial charge in [-0.05, 0) is 44.9 Å². The lowest BCUT2D eigenvalue weighted by atomic mass is 9.87. The SMILES string of the molecule is CCC1(C)CNC(C)(C)CN1Cc1ccc(OC)cc1. The fourth-order valence-electron chi connectivity index (χ4n) is 2.81. The van der Waals surface area contributed by atoms with E-state index in [0.29, 0.717) is 0 Å². The first-order valence-corrected chi connectivity index (χ1v) is 7.51. The molecule has 1 atom stereocenters. The summed E-state index contributed by atoms with van der Waals surface area (Å²) >= 11 is 0. The lowest BCUT2D eigenvalue weighted by molar-refractivity contribution is 0.0175. The molecule has 3 nitrogen and oxygen atoms in total. The zero-order valence-corrected chi connectivity index (χ0v) is 13.5. The lowest BCUT2D eigenvalue weighted by Gasteiger charge is -2.51. The average Bonchev–Trinajstić information content (AvgIpc) is 2.44. The molecule has 0 aromatic heterocycles. The van der Waals surface area contributed by atoms with Crippen LogP contribution >= 0.6 is 0 Å². The predicted octanol–water partition coefficient (Wildman–Crippen LogP) is 3.05. The molecule has 1 aromatic rings. The summed E-state index contributed by atoms with van der Waals surface area (Å²) in [7, 11) is 1.71. The van der Waals surface area contributed by atoms with E-state index in [1.54, 1.807) is 7.11 Å². The normalized spacial score (nSPS) is 26.4. The van der Waals surface area contributed by atoms with Crippen LogP contribution in [0.1, 0.15) is 39.7 Å². The molecule has 1 aliphatic rings. The van der Waals surface area contributed by atoms with E-state index in [2.05, 4.69) is 50.0 Å². The molecule has 112 valence electrons. The van der Waals surface area contributed by atoms with Crippen LogP contribution in [0.15, 0.2) is 24.3 Å². The minimum absolute atomic E-state index is 0.182. The number of piperazine rings is 1. The van der Waals surface area contributed by atoms with Gasteiger partial charge in [-0.3, -0.25) is 4.90 Å².